The molecule has 0 heterocycles. The predicted molar refractivity (Wildman–Crippen MR) is 65.3 cm³/mol. The van der Waals surface area contributed by atoms with Crippen LogP contribution in [0.4, 0.5) is 0 Å². The molecule has 1 atom stereocenters. The van der Waals surface area contributed by atoms with Crippen LogP contribution >= 0.6 is 12.2 Å². The summed E-state index contributed by atoms with van der Waals surface area (Å²) < 4.78 is 0. The number of rotatable bonds is 1. The SMILES string of the molecule is CC1C=CC(c2ccccc2)=CC1=S. The molecule has 0 N–H and O–H groups in total. The second-order valence-electron chi connectivity index (χ2n) is 3.52. The number of thiocarbonyl (C=S) groups is 1. The molecule has 1 aromatic rings. The van der Waals surface area contributed by atoms with Gasteiger partial charge in [0.1, 0.15) is 0 Å². The van der Waals surface area contributed by atoms with Gasteiger partial charge in [0.25, 0.3) is 0 Å². The van der Waals surface area contributed by atoms with Crippen LogP contribution in [0.5, 0.6) is 0 Å². The van der Waals surface area contributed by atoms with Gasteiger partial charge >= 0.3 is 0 Å². The van der Waals surface area contributed by atoms with Crippen molar-refractivity contribution in [2.45, 2.75) is 6.92 Å². The van der Waals surface area contributed by atoms with Crippen LogP contribution in [-0.4, -0.2) is 4.86 Å². The van der Waals surface area contributed by atoms with Gasteiger partial charge < -0.3 is 0 Å². The topological polar surface area (TPSA) is 0 Å². The average molecular weight is 200 g/mol. The summed E-state index contributed by atoms with van der Waals surface area (Å²) in [6.07, 6.45) is 6.40. The van der Waals surface area contributed by atoms with Gasteiger partial charge in [-0.25, -0.2) is 0 Å². The Morgan fingerprint density at radius 2 is 1.86 bits per heavy atom. The minimum Gasteiger partial charge on any atom is -0.0843 e. The van der Waals surface area contributed by atoms with Crippen molar-refractivity contribution in [3.8, 4) is 0 Å². The molecule has 0 aromatic heterocycles. The van der Waals surface area contributed by atoms with Crippen LogP contribution in [0.15, 0.2) is 48.6 Å². The van der Waals surface area contributed by atoms with Crippen molar-refractivity contribution in [1.29, 1.82) is 0 Å². The van der Waals surface area contributed by atoms with Crippen LogP contribution in [0.1, 0.15) is 12.5 Å². The molecule has 0 amide bonds. The predicted octanol–water partition coefficient (Wildman–Crippen LogP) is 3.65. The van der Waals surface area contributed by atoms with Crippen molar-refractivity contribution in [3.05, 3.63) is 54.1 Å². The maximum absolute atomic E-state index is 5.28. The Labute approximate surface area is 90.0 Å². The van der Waals surface area contributed by atoms with Crippen molar-refractivity contribution < 1.29 is 0 Å². The molecule has 0 radical (unpaired) electrons. The first kappa shape index (κ1) is 9.35. The Morgan fingerprint density at radius 3 is 2.50 bits per heavy atom. The normalized spacial score (nSPS) is 20.8. The van der Waals surface area contributed by atoms with Gasteiger partial charge in [0, 0.05) is 10.8 Å². The first-order valence-corrected chi connectivity index (χ1v) is 5.17. The molecule has 1 aliphatic carbocycles. The van der Waals surface area contributed by atoms with Crippen molar-refractivity contribution >= 4 is 22.7 Å². The van der Waals surface area contributed by atoms with Crippen molar-refractivity contribution in [2.75, 3.05) is 0 Å². The largest absolute Gasteiger partial charge is 0.0843 e. The molecule has 1 heteroatoms. The summed E-state index contributed by atoms with van der Waals surface area (Å²) in [5.41, 5.74) is 2.45. The molecule has 0 saturated carbocycles. The van der Waals surface area contributed by atoms with E-state index in [0.717, 1.165) is 4.86 Å². The molecule has 0 bridgehead atoms. The lowest BCUT2D eigenvalue weighted by Gasteiger charge is -2.13. The standard InChI is InChI=1S/C13H12S/c1-10-7-8-12(9-13(10)14)11-5-3-2-4-6-11/h2-10H,1H3. The highest BCUT2D eigenvalue weighted by Crippen LogP contribution is 2.22. The van der Waals surface area contributed by atoms with E-state index in [0.29, 0.717) is 5.92 Å². The van der Waals surface area contributed by atoms with Crippen molar-refractivity contribution in [3.63, 3.8) is 0 Å². The minimum atomic E-state index is 0.400. The van der Waals surface area contributed by atoms with Gasteiger partial charge in [-0.05, 0) is 17.2 Å². The monoisotopic (exact) mass is 200 g/mol. The second kappa shape index (κ2) is 3.89. The number of benzene rings is 1. The molecule has 2 rings (SSSR count). The van der Waals surface area contributed by atoms with Crippen LogP contribution in [0.2, 0.25) is 0 Å². The third-order valence-corrected chi connectivity index (χ3v) is 2.91. The van der Waals surface area contributed by atoms with E-state index in [2.05, 4.69) is 37.3 Å². The van der Waals surface area contributed by atoms with E-state index in [4.69, 9.17) is 12.2 Å². The van der Waals surface area contributed by atoms with Gasteiger partial charge in [-0.3, -0.25) is 0 Å². The van der Waals surface area contributed by atoms with Gasteiger partial charge in [0.05, 0.1) is 0 Å². The fourth-order valence-corrected chi connectivity index (χ4v) is 1.69. The van der Waals surface area contributed by atoms with E-state index >= 15 is 0 Å². The van der Waals surface area contributed by atoms with Gasteiger partial charge in [-0.1, -0.05) is 61.6 Å². The molecular formula is C13H12S. The maximum atomic E-state index is 5.28. The summed E-state index contributed by atoms with van der Waals surface area (Å²) in [7, 11) is 0. The number of allylic oxidation sites excluding steroid dienone is 4. The van der Waals surface area contributed by atoms with E-state index in [1.807, 2.05) is 18.2 Å². The van der Waals surface area contributed by atoms with E-state index in [-0.39, 0.29) is 0 Å². The van der Waals surface area contributed by atoms with E-state index in [1.165, 1.54) is 11.1 Å². The van der Waals surface area contributed by atoms with Gasteiger partial charge in [0.15, 0.2) is 0 Å². The fourth-order valence-electron chi connectivity index (χ4n) is 1.49. The Bertz CT molecular complexity index is 399. The van der Waals surface area contributed by atoms with E-state index < -0.39 is 0 Å². The molecule has 14 heavy (non-hydrogen) atoms. The summed E-state index contributed by atoms with van der Waals surface area (Å²) >= 11 is 5.28. The van der Waals surface area contributed by atoms with Crippen LogP contribution in [0.25, 0.3) is 5.57 Å². The molecule has 0 nitrogen and oxygen atoms in total. The van der Waals surface area contributed by atoms with Gasteiger partial charge in [-0.2, -0.15) is 0 Å². The molecule has 1 aliphatic rings. The Morgan fingerprint density at radius 1 is 1.14 bits per heavy atom. The van der Waals surface area contributed by atoms with Crippen LogP contribution in [-0.2, 0) is 0 Å². The highest BCUT2D eigenvalue weighted by atomic mass is 32.1. The zero-order chi connectivity index (χ0) is 9.97. The van der Waals surface area contributed by atoms with E-state index in [9.17, 15) is 0 Å². The maximum Gasteiger partial charge on any atom is 0.0224 e. The quantitative estimate of drug-likeness (QED) is 0.624. The summed E-state index contributed by atoms with van der Waals surface area (Å²) in [6, 6.07) is 10.3. The van der Waals surface area contributed by atoms with Crippen LogP contribution in [0, 0.1) is 5.92 Å². The Hall–Kier alpha value is -1.21. The van der Waals surface area contributed by atoms with Gasteiger partial charge in [0.2, 0.25) is 0 Å². The molecular weight excluding hydrogens is 188 g/mol. The summed E-state index contributed by atoms with van der Waals surface area (Å²) in [5, 5.41) is 0. The molecule has 1 aromatic carbocycles. The first-order valence-electron chi connectivity index (χ1n) is 4.76. The lowest BCUT2D eigenvalue weighted by molar-refractivity contribution is 1.02. The molecule has 70 valence electrons. The minimum absolute atomic E-state index is 0.400. The molecule has 0 saturated heterocycles. The molecule has 0 fully saturated rings. The lowest BCUT2D eigenvalue weighted by atomic mass is 9.94. The van der Waals surface area contributed by atoms with E-state index in [1.54, 1.807) is 0 Å². The fraction of sp³-hybridized carbons (Fsp3) is 0.154. The number of hydrogen-bond acceptors (Lipinski definition) is 1. The summed E-state index contributed by atoms with van der Waals surface area (Å²) in [6.45, 7) is 2.12. The summed E-state index contributed by atoms with van der Waals surface area (Å²) in [5.74, 6) is 0.400. The summed E-state index contributed by atoms with van der Waals surface area (Å²) in [4.78, 5) is 1.02. The molecule has 0 aliphatic heterocycles. The molecule has 0 spiro atoms. The van der Waals surface area contributed by atoms with Crippen LogP contribution < -0.4 is 0 Å². The Balaban J connectivity index is 2.34. The third kappa shape index (κ3) is 1.83. The van der Waals surface area contributed by atoms with Crippen molar-refractivity contribution in [2.24, 2.45) is 5.92 Å². The third-order valence-electron chi connectivity index (χ3n) is 2.42. The van der Waals surface area contributed by atoms with Gasteiger partial charge in [-0.15, -0.1) is 0 Å². The smallest absolute Gasteiger partial charge is 0.0224 e. The Kier molecular flexibility index (Phi) is 2.60. The number of hydrogen-bond donors (Lipinski definition) is 0. The molecule has 1 unspecified atom stereocenters. The highest BCUT2D eigenvalue weighted by molar-refractivity contribution is 7.80. The first-order chi connectivity index (χ1) is 6.77. The van der Waals surface area contributed by atoms with Crippen LogP contribution in [0.3, 0.4) is 0 Å². The zero-order valence-electron chi connectivity index (χ0n) is 8.10. The highest BCUT2D eigenvalue weighted by Gasteiger charge is 2.09. The second-order valence-corrected chi connectivity index (χ2v) is 3.99. The average Bonchev–Trinajstić information content (AvgIpc) is 2.23. The zero-order valence-corrected chi connectivity index (χ0v) is 8.92. The van der Waals surface area contributed by atoms with Crippen molar-refractivity contribution in [1.82, 2.24) is 0 Å². The lowest BCUT2D eigenvalue weighted by Crippen LogP contribution is -2.06.